The molecule has 0 aliphatic carbocycles. The molecule has 0 saturated carbocycles. The predicted molar refractivity (Wildman–Crippen MR) is 371 cm³/mol. The van der Waals surface area contributed by atoms with Crippen LogP contribution in [-0.2, 0) is 0 Å². The van der Waals surface area contributed by atoms with Crippen LogP contribution in [0.4, 0.5) is 34.1 Å². The van der Waals surface area contributed by atoms with Crippen LogP contribution in [0.3, 0.4) is 0 Å². The zero-order valence-electron chi connectivity index (χ0n) is 48.4. The zero-order chi connectivity index (χ0) is 58.0. The van der Waals surface area contributed by atoms with Gasteiger partial charge in [0.2, 0.25) is 0 Å². The summed E-state index contributed by atoms with van der Waals surface area (Å²) in [5.74, 6) is 0. The van der Waals surface area contributed by atoms with Crippen LogP contribution in [0.15, 0.2) is 322 Å². The standard InChI is InChI=1S/C84H59N3/c1-56-52-69(46-49-71(56)72-50-47-70(53-57(72)2)86(65-20-5-3-6-21-65)82-31-17-19-62-18-9-10-24-73(62)82)85(68-44-38-61(39-45-68)63-40-48-78-76-27-12-11-25-74(76)75-26-13-14-28-77(75)80(78)54-63)67-42-36-59(37-43-67)58-32-34-60(35-33-58)64-41-51-84-81(55-64)79-29-15-16-30-83(79)87(84)66-22-7-4-8-23-66/h3-55H,1-2H3. The number of rotatable bonds is 11. The number of aryl methyl sites for hydroxylation is 2. The molecule has 0 unspecified atom stereocenters. The number of fused-ring (bicyclic) bond motifs is 10. The van der Waals surface area contributed by atoms with Crippen LogP contribution in [0.25, 0.3) is 115 Å². The predicted octanol–water partition coefficient (Wildman–Crippen LogP) is 23.6. The first-order chi connectivity index (χ1) is 43.0. The van der Waals surface area contributed by atoms with Crippen LogP contribution in [0.1, 0.15) is 11.1 Å². The van der Waals surface area contributed by atoms with Gasteiger partial charge >= 0.3 is 0 Å². The minimum atomic E-state index is 1.08. The van der Waals surface area contributed by atoms with Gasteiger partial charge in [0.25, 0.3) is 0 Å². The molecule has 0 saturated heterocycles. The van der Waals surface area contributed by atoms with Gasteiger partial charge in [-0.3, -0.25) is 0 Å². The molecular formula is C84H59N3. The number of anilines is 6. The molecule has 15 aromatic carbocycles. The van der Waals surface area contributed by atoms with Crippen molar-refractivity contribution in [1.29, 1.82) is 0 Å². The summed E-state index contributed by atoms with van der Waals surface area (Å²) in [7, 11) is 0. The lowest BCUT2D eigenvalue weighted by atomic mass is 9.92. The van der Waals surface area contributed by atoms with Crippen molar-refractivity contribution >= 4 is 99.0 Å². The van der Waals surface area contributed by atoms with Crippen LogP contribution in [0.2, 0.25) is 0 Å². The summed E-state index contributed by atoms with van der Waals surface area (Å²) in [5, 5.41) is 12.6. The van der Waals surface area contributed by atoms with E-state index in [1.807, 2.05) is 0 Å². The number of aromatic nitrogens is 1. The minimum Gasteiger partial charge on any atom is -0.310 e. The lowest BCUT2D eigenvalue weighted by Crippen LogP contribution is -2.11. The fraction of sp³-hybridized carbons (Fsp3) is 0.0238. The van der Waals surface area contributed by atoms with Crippen LogP contribution in [0, 0.1) is 13.8 Å². The van der Waals surface area contributed by atoms with Gasteiger partial charge in [-0.15, -0.1) is 0 Å². The maximum atomic E-state index is 2.40. The maximum absolute atomic E-state index is 2.40. The van der Waals surface area contributed by atoms with E-state index >= 15 is 0 Å². The average molecular weight is 1110 g/mol. The van der Waals surface area contributed by atoms with Crippen molar-refractivity contribution in [3.05, 3.63) is 333 Å². The Balaban J connectivity index is 0.746. The molecule has 0 amide bonds. The van der Waals surface area contributed by atoms with E-state index < -0.39 is 0 Å². The molecule has 0 bridgehead atoms. The van der Waals surface area contributed by atoms with Crippen molar-refractivity contribution in [3.8, 4) is 50.2 Å². The minimum absolute atomic E-state index is 1.08. The molecule has 0 N–H and O–H groups in total. The van der Waals surface area contributed by atoms with E-state index in [-0.39, 0.29) is 0 Å². The molecule has 1 heterocycles. The first kappa shape index (κ1) is 51.4. The third-order valence-electron chi connectivity index (χ3n) is 17.8. The Bertz CT molecular complexity index is 5230. The van der Waals surface area contributed by atoms with Crippen LogP contribution in [0.5, 0.6) is 0 Å². The molecule has 0 radical (unpaired) electrons. The summed E-state index contributed by atoms with van der Waals surface area (Å²) in [4.78, 5) is 4.78. The van der Waals surface area contributed by atoms with Gasteiger partial charge in [-0.1, -0.05) is 218 Å². The van der Waals surface area contributed by atoms with E-state index in [4.69, 9.17) is 0 Å². The number of hydrogen-bond donors (Lipinski definition) is 0. The fourth-order valence-corrected chi connectivity index (χ4v) is 13.6. The van der Waals surface area contributed by atoms with E-state index in [0.717, 1.165) is 39.7 Å². The Morgan fingerprint density at radius 2 is 0.621 bits per heavy atom. The molecule has 0 fully saturated rings. The molecule has 3 heteroatoms. The second-order valence-corrected chi connectivity index (χ2v) is 22.9. The molecule has 410 valence electrons. The highest BCUT2D eigenvalue weighted by atomic mass is 15.1. The SMILES string of the molecule is Cc1cc(N(c2ccc(-c3ccc(-c4ccc5c(c4)c4ccccc4n5-c4ccccc4)cc3)cc2)c2ccc(-c3ccc4c5ccccc5c5ccccc5c4c3)cc2)ccc1-c1ccc(N(c2ccccc2)c2cccc3ccccc23)cc1C. The molecule has 0 aliphatic rings. The zero-order valence-corrected chi connectivity index (χ0v) is 48.4. The van der Waals surface area contributed by atoms with Gasteiger partial charge in [0.1, 0.15) is 0 Å². The maximum Gasteiger partial charge on any atom is 0.0541 e. The highest BCUT2D eigenvalue weighted by Gasteiger charge is 2.20. The van der Waals surface area contributed by atoms with Gasteiger partial charge in [0.05, 0.1) is 16.7 Å². The molecule has 0 spiro atoms. The summed E-state index contributed by atoms with van der Waals surface area (Å²) in [6.07, 6.45) is 0. The van der Waals surface area contributed by atoms with Crippen molar-refractivity contribution in [3.63, 3.8) is 0 Å². The topological polar surface area (TPSA) is 11.4 Å². The third-order valence-corrected chi connectivity index (χ3v) is 17.8. The third kappa shape index (κ3) is 9.08. The number of hydrogen-bond acceptors (Lipinski definition) is 2. The highest BCUT2D eigenvalue weighted by Crippen LogP contribution is 2.45. The van der Waals surface area contributed by atoms with Crippen molar-refractivity contribution in [2.24, 2.45) is 0 Å². The highest BCUT2D eigenvalue weighted by molar-refractivity contribution is 6.26. The first-order valence-corrected chi connectivity index (χ1v) is 30.1. The van der Waals surface area contributed by atoms with Crippen molar-refractivity contribution in [2.45, 2.75) is 13.8 Å². The largest absolute Gasteiger partial charge is 0.310 e. The van der Waals surface area contributed by atoms with Gasteiger partial charge < -0.3 is 14.4 Å². The normalized spacial score (nSPS) is 11.6. The number of para-hydroxylation sites is 3. The van der Waals surface area contributed by atoms with Crippen molar-refractivity contribution in [2.75, 3.05) is 9.80 Å². The average Bonchev–Trinajstić information content (AvgIpc) is 2.08. The fourth-order valence-electron chi connectivity index (χ4n) is 13.6. The molecule has 1 aromatic heterocycles. The lowest BCUT2D eigenvalue weighted by Gasteiger charge is -2.28. The Morgan fingerprint density at radius 1 is 0.230 bits per heavy atom. The van der Waals surface area contributed by atoms with Gasteiger partial charge in [0, 0.05) is 50.3 Å². The number of benzene rings is 15. The Labute approximate surface area is 507 Å². The van der Waals surface area contributed by atoms with E-state index in [2.05, 4.69) is 350 Å². The Kier molecular flexibility index (Phi) is 12.7. The molecule has 0 aliphatic heterocycles. The number of nitrogens with zero attached hydrogens (tertiary/aromatic N) is 3. The van der Waals surface area contributed by atoms with Crippen molar-refractivity contribution < 1.29 is 0 Å². The van der Waals surface area contributed by atoms with E-state index in [1.165, 1.54) is 121 Å². The lowest BCUT2D eigenvalue weighted by molar-refractivity contribution is 1.18. The summed E-state index contributed by atoms with van der Waals surface area (Å²) < 4.78 is 2.37. The Morgan fingerprint density at radius 3 is 1.21 bits per heavy atom. The quantitative estimate of drug-likeness (QED) is 0.120. The molecule has 87 heavy (non-hydrogen) atoms. The van der Waals surface area contributed by atoms with Crippen LogP contribution in [-0.4, -0.2) is 4.57 Å². The van der Waals surface area contributed by atoms with Gasteiger partial charge in [0.15, 0.2) is 0 Å². The van der Waals surface area contributed by atoms with E-state index in [1.54, 1.807) is 0 Å². The van der Waals surface area contributed by atoms with Gasteiger partial charge in [-0.2, -0.15) is 0 Å². The smallest absolute Gasteiger partial charge is 0.0541 e. The first-order valence-electron chi connectivity index (χ1n) is 30.1. The molecule has 16 aromatic rings. The summed E-state index contributed by atoms with van der Waals surface area (Å²) >= 11 is 0. The van der Waals surface area contributed by atoms with Gasteiger partial charge in [-0.25, -0.2) is 0 Å². The summed E-state index contributed by atoms with van der Waals surface area (Å²) in [5.41, 5.74) is 22.2. The monoisotopic (exact) mass is 1110 g/mol. The van der Waals surface area contributed by atoms with Gasteiger partial charge in [-0.05, 0) is 210 Å². The second kappa shape index (κ2) is 21.4. The van der Waals surface area contributed by atoms with Crippen LogP contribution >= 0.6 is 0 Å². The summed E-state index contributed by atoms with van der Waals surface area (Å²) in [6.45, 7) is 4.49. The van der Waals surface area contributed by atoms with Crippen LogP contribution < -0.4 is 9.80 Å². The molecule has 16 rings (SSSR count). The second-order valence-electron chi connectivity index (χ2n) is 22.9. The Hall–Kier alpha value is -11.3. The van der Waals surface area contributed by atoms with Crippen molar-refractivity contribution in [1.82, 2.24) is 4.57 Å². The molecule has 3 nitrogen and oxygen atoms in total. The molecular weight excluding hydrogens is 1050 g/mol. The van der Waals surface area contributed by atoms with E-state index in [0.29, 0.717) is 0 Å². The van der Waals surface area contributed by atoms with E-state index in [9.17, 15) is 0 Å². The molecule has 0 atom stereocenters. The summed E-state index contributed by atoms with van der Waals surface area (Å²) in [6, 6.07) is 118.